The fourth-order valence-electron chi connectivity index (χ4n) is 5.42. The molecule has 0 aliphatic carbocycles. The molecule has 5 rings (SSSR count). The number of ether oxygens (including phenoxy) is 3. The number of thiol groups is 1. The highest BCUT2D eigenvalue weighted by molar-refractivity contribution is 7.80. The lowest BCUT2D eigenvalue weighted by Crippen LogP contribution is -2.32. The maximum Gasteiger partial charge on any atom is 0.119 e. The zero-order valence-corrected chi connectivity index (χ0v) is 24.0. The Hall–Kier alpha value is -2.73. The van der Waals surface area contributed by atoms with E-state index in [0.29, 0.717) is 19.1 Å². The van der Waals surface area contributed by atoms with Crippen LogP contribution in [0.25, 0.3) is 22.8 Å². The molecule has 1 unspecified atom stereocenters. The molecule has 0 N–H and O–H groups in total. The highest BCUT2D eigenvalue weighted by Gasteiger charge is 2.22. The molecule has 0 spiro atoms. The second kappa shape index (κ2) is 14.1. The minimum absolute atomic E-state index is 0.575. The van der Waals surface area contributed by atoms with E-state index in [1.54, 1.807) is 0 Å². The summed E-state index contributed by atoms with van der Waals surface area (Å²) in [5.74, 6) is 1.48. The normalized spacial score (nSPS) is 18.7. The van der Waals surface area contributed by atoms with Gasteiger partial charge in [0.25, 0.3) is 0 Å². The van der Waals surface area contributed by atoms with Gasteiger partial charge in [0.15, 0.2) is 0 Å². The molecule has 1 fully saturated rings. The van der Waals surface area contributed by atoms with Crippen LogP contribution in [-0.4, -0.2) is 46.1 Å². The van der Waals surface area contributed by atoms with Crippen molar-refractivity contribution in [2.24, 2.45) is 5.92 Å². The molecule has 4 nitrogen and oxygen atoms in total. The van der Waals surface area contributed by atoms with Gasteiger partial charge in [0, 0.05) is 42.8 Å². The molecule has 2 aliphatic heterocycles. The van der Waals surface area contributed by atoms with Gasteiger partial charge in [-0.2, -0.15) is 0 Å². The smallest absolute Gasteiger partial charge is 0.119 e. The highest BCUT2D eigenvalue weighted by atomic mass is 32.1. The minimum atomic E-state index is 0.575. The lowest BCUT2D eigenvalue weighted by molar-refractivity contribution is 0.0981. The summed E-state index contributed by atoms with van der Waals surface area (Å²) in [5.41, 5.74) is 7.67. The van der Waals surface area contributed by atoms with Gasteiger partial charge in [-0.1, -0.05) is 43.7 Å². The fourth-order valence-corrected chi connectivity index (χ4v) is 5.57. The molecule has 2 aliphatic rings. The van der Waals surface area contributed by atoms with Crippen LogP contribution in [0.2, 0.25) is 0 Å². The van der Waals surface area contributed by atoms with Crippen molar-refractivity contribution < 1.29 is 14.2 Å². The summed E-state index contributed by atoms with van der Waals surface area (Å²) in [6.07, 6.45) is 8.00. The molecular formula is C34H41NO3S. The number of benzene rings is 3. The Morgan fingerprint density at radius 3 is 2.49 bits per heavy atom. The molecule has 206 valence electrons. The van der Waals surface area contributed by atoms with Gasteiger partial charge in [-0.3, -0.25) is 0 Å². The summed E-state index contributed by atoms with van der Waals surface area (Å²) in [5, 5.41) is 0. The van der Waals surface area contributed by atoms with Crippen LogP contribution >= 0.6 is 12.6 Å². The second-order valence-electron chi connectivity index (χ2n) is 10.6. The number of fused-ring (bicyclic) bond motifs is 1. The molecule has 0 bridgehead atoms. The first-order valence-corrected chi connectivity index (χ1v) is 14.9. The highest BCUT2D eigenvalue weighted by Crippen LogP contribution is 2.36. The molecule has 3 aromatic carbocycles. The van der Waals surface area contributed by atoms with Gasteiger partial charge in [-0.05, 0) is 96.0 Å². The monoisotopic (exact) mass is 543 g/mol. The molecule has 0 saturated carbocycles. The van der Waals surface area contributed by atoms with E-state index in [-0.39, 0.29) is 0 Å². The van der Waals surface area contributed by atoms with E-state index in [2.05, 4.69) is 97.3 Å². The van der Waals surface area contributed by atoms with Crippen molar-refractivity contribution in [2.75, 3.05) is 51.0 Å². The predicted octanol–water partition coefficient (Wildman–Crippen LogP) is 8.02. The Labute approximate surface area is 239 Å². The number of unbranched alkanes of at least 4 members (excludes halogenated alkanes) is 1. The van der Waals surface area contributed by atoms with Gasteiger partial charge in [-0.25, -0.2) is 0 Å². The Bertz CT molecular complexity index is 1220. The average Bonchev–Trinajstić information content (AvgIpc) is 3.47. The quantitative estimate of drug-likeness (QED) is 0.196. The van der Waals surface area contributed by atoms with Crippen LogP contribution in [0, 0.1) is 5.92 Å². The Morgan fingerprint density at radius 1 is 0.923 bits per heavy atom. The molecule has 39 heavy (non-hydrogen) atoms. The molecular weight excluding hydrogens is 502 g/mol. The third kappa shape index (κ3) is 7.69. The summed E-state index contributed by atoms with van der Waals surface area (Å²) in [6, 6.07) is 23.9. The number of hydrogen-bond donors (Lipinski definition) is 1. The van der Waals surface area contributed by atoms with Gasteiger partial charge in [0.2, 0.25) is 0 Å². The number of nitrogens with zero attached hydrogens (tertiary/aromatic N) is 1. The number of allylic oxidation sites excluding steroid dienone is 1. The molecule has 0 radical (unpaired) electrons. The average molecular weight is 544 g/mol. The minimum Gasteiger partial charge on any atom is -0.491 e. The van der Waals surface area contributed by atoms with Gasteiger partial charge in [-0.15, -0.1) is 12.6 Å². The molecule has 0 aromatic heterocycles. The maximum atomic E-state index is 5.89. The van der Waals surface area contributed by atoms with Crippen LogP contribution in [0.15, 0.2) is 71.6 Å². The van der Waals surface area contributed by atoms with Crippen molar-refractivity contribution in [2.45, 2.75) is 43.9 Å². The predicted molar refractivity (Wildman–Crippen MR) is 165 cm³/mol. The van der Waals surface area contributed by atoms with Crippen molar-refractivity contribution in [3.8, 4) is 16.9 Å². The van der Waals surface area contributed by atoms with Crippen molar-refractivity contribution in [3.63, 3.8) is 0 Å². The topological polar surface area (TPSA) is 30.9 Å². The van der Waals surface area contributed by atoms with E-state index in [9.17, 15) is 0 Å². The van der Waals surface area contributed by atoms with Gasteiger partial charge >= 0.3 is 0 Å². The van der Waals surface area contributed by atoms with E-state index < -0.39 is 0 Å². The van der Waals surface area contributed by atoms with Crippen molar-refractivity contribution in [1.29, 1.82) is 0 Å². The first-order chi connectivity index (χ1) is 19.2. The van der Waals surface area contributed by atoms with Gasteiger partial charge < -0.3 is 19.1 Å². The van der Waals surface area contributed by atoms with Crippen LogP contribution < -0.4 is 9.64 Å². The van der Waals surface area contributed by atoms with Crippen molar-refractivity contribution in [3.05, 3.63) is 77.9 Å². The zero-order valence-electron chi connectivity index (χ0n) is 23.1. The van der Waals surface area contributed by atoms with E-state index in [1.807, 2.05) is 0 Å². The summed E-state index contributed by atoms with van der Waals surface area (Å²) in [7, 11) is 0. The molecule has 1 saturated heterocycles. The van der Waals surface area contributed by atoms with Crippen LogP contribution in [0.4, 0.5) is 5.69 Å². The van der Waals surface area contributed by atoms with Crippen LogP contribution in [0.1, 0.15) is 50.2 Å². The fraction of sp³-hybridized carbons (Fsp3) is 0.412. The SMILES string of the molecule is CCCCOCCOc1ccc(-c2ccc3c(c2)/C=C(/c2ccc(S)cc2)CCCN3CC2CCOC2)cc1. The first-order valence-electron chi connectivity index (χ1n) is 14.5. The Kier molecular flexibility index (Phi) is 10.0. The number of hydrogen-bond acceptors (Lipinski definition) is 5. The standard InChI is InChI=1S/C34H41NO3S/c1-2-3-18-36-20-21-38-32-11-6-27(7-12-32)30-10-15-34-31(23-30)22-29(28-8-13-33(39)14-9-28)5-4-17-35(34)24-26-16-19-37-25-26/h6-15,22-23,26,39H,2-5,16-21,24-25H2,1H3/b29-22+. The van der Waals surface area contributed by atoms with Gasteiger partial charge in [0.05, 0.1) is 13.2 Å². The largest absolute Gasteiger partial charge is 0.491 e. The molecule has 0 amide bonds. The summed E-state index contributed by atoms with van der Waals surface area (Å²) < 4.78 is 17.2. The Balaban J connectivity index is 1.38. The van der Waals surface area contributed by atoms with E-state index in [4.69, 9.17) is 14.2 Å². The van der Waals surface area contributed by atoms with E-state index in [1.165, 1.54) is 33.5 Å². The lowest BCUT2D eigenvalue weighted by Gasteiger charge is -2.31. The maximum absolute atomic E-state index is 5.89. The number of rotatable bonds is 11. The van der Waals surface area contributed by atoms with Crippen LogP contribution in [0.5, 0.6) is 5.75 Å². The molecule has 1 atom stereocenters. The Morgan fingerprint density at radius 2 is 1.72 bits per heavy atom. The third-order valence-electron chi connectivity index (χ3n) is 7.64. The summed E-state index contributed by atoms with van der Waals surface area (Å²) in [4.78, 5) is 3.58. The van der Waals surface area contributed by atoms with E-state index >= 15 is 0 Å². The first kappa shape index (κ1) is 27.8. The van der Waals surface area contributed by atoms with Gasteiger partial charge in [0.1, 0.15) is 12.4 Å². The molecule has 5 heteroatoms. The molecule has 2 heterocycles. The second-order valence-corrected chi connectivity index (χ2v) is 11.1. The van der Waals surface area contributed by atoms with Crippen LogP contribution in [-0.2, 0) is 9.47 Å². The van der Waals surface area contributed by atoms with E-state index in [0.717, 1.165) is 75.7 Å². The zero-order chi connectivity index (χ0) is 26.9. The van der Waals surface area contributed by atoms with Crippen molar-refractivity contribution in [1.82, 2.24) is 0 Å². The molecule has 3 aromatic rings. The van der Waals surface area contributed by atoms with Crippen molar-refractivity contribution >= 4 is 30.0 Å². The third-order valence-corrected chi connectivity index (χ3v) is 7.94. The lowest BCUT2D eigenvalue weighted by atomic mass is 9.93. The summed E-state index contributed by atoms with van der Waals surface area (Å²) >= 11 is 4.49. The van der Waals surface area contributed by atoms with Crippen LogP contribution in [0.3, 0.4) is 0 Å². The number of anilines is 1. The summed E-state index contributed by atoms with van der Waals surface area (Å²) in [6.45, 7) is 8.05.